The molecular formula is C20H20ClN3O4. The van der Waals surface area contributed by atoms with Crippen molar-refractivity contribution in [2.75, 3.05) is 19.0 Å². The Balaban J connectivity index is 1.79. The molecule has 28 heavy (non-hydrogen) atoms. The molecule has 7 nitrogen and oxygen atoms in total. The number of methoxy groups -OCH3 is 1. The summed E-state index contributed by atoms with van der Waals surface area (Å²) < 4.78 is 5.23. The largest absolute Gasteiger partial charge is 0.495 e. The molecule has 8 heteroatoms. The van der Waals surface area contributed by atoms with Crippen LogP contribution in [0.4, 0.5) is 10.5 Å². The van der Waals surface area contributed by atoms with Gasteiger partial charge in [0.05, 0.1) is 12.8 Å². The van der Waals surface area contributed by atoms with E-state index in [-0.39, 0.29) is 0 Å². The lowest BCUT2D eigenvalue weighted by Gasteiger charge is -2.23. The van der Waals surface area contributed by atoms with Gasteiger partial charge in [0.2, 0.25) is 5.91 Å². The van der Waals surface area contributed by atoms with Crippen molar-refractivity contribution in [1.82, 2.24) is 10.2 Å². The van der Waals surface area contributed by atoms with Crippen LogP contribution < -0.4 is 15.4 Å². The van der Waals surface area contributed by atoms with Crippen LogP contribution >= 0.6 is 11.6 Å². The number of halogens is 1. The molecule has 0 aromatic heterocycles. The van der Waals surface area contributed by atoms with E-state index < -0.39 is 29.9 Å². The average molecular weight is 402 g/mol. The molecule has 1 heterocycles. The summed E-state index contributed by atoms with van der Waals surface area (Å²) in [5.74, 6) is -0.579. The van der Waals surface area contributed by atoms with Crippen molar-refractivity contribution in [3.05, 3.63) is 58.6 Å². The highest BCUT2D eigenvalue weighted by Crippen LogP contribution is 2.33. The average Bonchev–Trinajstić information content (AvgIpc) is 2.86. The van der Waals surface area contributed by atoms with Crippen LogP contribution in [0.1, 0.15) is 18.1 Å². The lowest BCUT2D eigenvalue weighted by Crippen LogP contribution is -2.42. The zero-order valence-electron chi connectivity index (χ0n) is 15.7. The molecule has 1 fully saturated rings. The van der Waals surface area contributed by atoms with Gasteiger partial charge in [0.25, 0.3) is 5.91 Å². The molecule has 0 saturated carbocycles. The van der Waals surface area contributed by atoms with Crippen LogP contribution in [0.25, 0.3) is 0 Å². The number of aryl methyl sites for hydroxylation is 1. The maximum Gasteiger partial charge on any atom is 0.325 e. The molecule has 0 aliphatic carbocycles. The Bertz CT molecular complexity index is 962. The summed E-state index contributed by atoms with van der Waals surface area (Å²) in [5.41, 5.74) is 0.528. The molecule has 2 aromatic carbocycles. The van der Waals surface area contributed by atoms with Crippen molar-refractivity contribution in [2.24, 2.45) is 0 Å². The molecule has 0 bridgehead atoms. The third kappa shape index (κ3) is 3.53. The van der Waals surface area contributed by atoms with Gasteiger partial charge in [0.1, 0.15) is 17.8 Å². The smallest absolute Gasteiger partial charge is 0.325 e. The van der Waals surface area contributed by atoms with Gasteiger partial charge in [-0.15, -0.1) is 0 Å². The van der Waals surface area contributed by atoms with Gasteiger partial charge >= 0.3 is 6.03 Å². The summed E-state index contributed by atoms with van der Waals surface area (Å²) in [6, 6.07) is 11.4. The minimum Gasteiger partial charge on any atom is -0.495 e. The van der Waals surface area contributed by atoms with Gasteiger partial charge in [0.15, 0.2) is 0 Å². The fraction of sp³-hybridized carbons (Fsp3) is 0.250. The second-order valence-electron chi connectivity index (χ2n) is 6.68. The Labute approximate surface area is 167 Å². The lowest BCUT2D eigenvalue weighted by molar-refractivity contribution is -0.133. The summed E-state index contributed by atoms with van der Waals surface area (Å²) in [7, 11) is 1.49. The summed E-state index contributed by atoms with van der Waals surface area (Å²) in [4.78, 5) is 38.7. The van der Waals surface area contributed by atoms with Crippen LogP contribution in [-0.4, -0.2) is 36.4 Å². The van der Waals surface area contributed by atoms with Gasteiger partial charge in [-0.25, -0.2) is 4.79 Å². The first kappa shape index (κ1) is 19.7. The standard InChI is InChI=1S/C20H20ClN3O4/c1-12-8-9-16(28-3)15(10-12)22-17(25)11-24-18(26)20(2,23-19(24)27)13-6-4-5-7-14(13)21/h4-10H,11H2,1-3H3,(H,22,25)(H,23,27)/t20-/m0/s1. The minimum atomic E-state index is -1.34. The number of ether oxygens (including phenoxy) is 1. The second kappa shape index (κ2) is 7.52. The van der Waals surface area contributed by atoms with Crippen LogP contribution in [0.15, 0.2) is 42.5 Å². The molecule has 4 amide bonds. The van der Waals surface area contributed by atoms with Gasteiger partial charge in [-0.05, 0) is 37.6 Å². The zero-order valence-corrected chi connectivity index (χ0v) is 16.5. The first-order chi connectivity index (χ1) is 13.3. The van der Waals surface area contributed by atoms with Crippen LogP contribution in [-0.2, 0) is 15.1 Å². The number of hydrogen-bond acceptors (Lipinski definition) is 4. The van der Waals surface area contributed by atoms with E-state index in [4.69, 9.17) is 16.3 Å². The Morgan fingerprint density at radius 3 is 2.64 bits per heavy atom. The Kier molecular flexibility index (Phi) is 5.29. The third-order valence-electron chi connectivity index (χ3n) is 4.62. The highest BCUT2D eigenvalue weighted by atomic mass is 35.5. The number of rotatable bonds is 5. The summed E-state index contributed by atoms with van der Waals surface area (Å²) in [6.45, 7) is 3.01. The highest BCUT2D eigenvalue weighted by molar-refractivity contribution is 6.32. The van der Waals surface area contributed by atoms with E-state index in [1.807, 2.05) is 13.0 Å². The number of benzene rings is 2. The maximum atomic E-state index is 12.9. The number of amides is 4. The second-order valence-corrected chi connectivity index (χ2v) is 7.09. The molecule has 146 valence electrons. The fourth-order valence-electron chi connectivity index (χ4n) is 3.14. The van der Waals surface area contributed by atoms with Crippen molar-refractivity contribution < 1.29 is 19.1 Å². The number of carbonyl (C=O) groups is 3. The number of hydrogen-bond donors (Lipinski definition) is 2. The van der Waals surface area contributed by atoms with E-state index in [0.29, 0.717) is 22.0 Å². The number of nitrogens with one attached hydrogen (secondary N) is 2. The highest BCUT2D eigenvalue weighted by Gasteiger charge is 2.50. The molecular weight excluding hydrogens is 382 g/mol. The quantitative estimate of drug-likeness (QED) is 0.754. The van der Waals surface area contributed by atoms with Gasteiger partial charge in [-0.2, -0.15) is 0 Å². The molecule has 1 aliphatic rings. The first-order valence-electron chi connectivity index (χ1n) is 8.60. The molecule has 2 N–H and O–H groups in total. The van der Waals surface area contributed by atoms with Crippen LogP contribution in [0.5, 0.6) is 5.75 Å². The van der Waals surface area contributed by atoms with E-state index in [0.717, 1.165) is 10.5 Å². The number of imide groups is 1. The molecule has 1 aliphatic heterocycles. The fourth-order valence-corrected chi connectivity index (χ4v) is 3.47. The zero-order chi connectivity index (χ0) is 20.5. The third-order valence-corrected chi connectivity index (χ3v) is 4.95. The summed E-state index contributed by atoms with van der Waals surface area (Å²) in [5, 5.41) is 5.68. The van der Waals surface area contributed by atoms with Gasteiger partial charge in [-0.1, -0.05) is 35.9 Å². The van der Waals surface area contributed by atoms with Gasteiger partial charge in [-0.3, -0.25) is 14.5 Å². The van der Waals surface area contributed by atoms with Crippen molar-refractivity contribution in [2.45, 2.75) is 19.4 Å². The lowest BCUT2D eigenvalue weighted by atomic mass is 9.92. The Hall–Kier alpha value is -3.06. The van der Waals surface area contributed by atoms with E-state index in [1.165, 1.54) is 7.11 Å². The predicted molar refractivity (Wildman–Crippen MR) is 105 cm³/mol. The maximum absolute atomic E-state index is 12.9. The van der Waals surface area contributed by atoms with E-state index >= 15 is 0 Å². The molecule has 1 atom stereocenters. The van der Waals surface area contributed by atoms with Crippen LogP contribution in [0, 0.1) is 6.92 Å². The number of urea groups is 1. The Morgan fingerprint density at radius 2 is 1.96 bits per heavy atom. The van der Waals surface area contributed by atoms with Crippen molar-refractivity contribution in [1.29, 1.82) is 0 Å². The van der Waals surface area contributed by atoms with Gasteiger partial charge in [0, 0.05) is 10.6 Å². The number of carbonyl (C=O) groups excluding carboxylic acids is 3. The molecule has 0 spiro atoms. The minimum absolute atomic E-state index is 0.356. The molecule has 0 radical (unpaired) electrons. The Morgan fingerprint density at radius 1 is 1.25 bits per heavy atom. The first-order valence-corrected chi connectivity index (χ1v) is 8.97. The van der Waals surface area contributed by atoms with Crippen LogP contribution in [0.3, 0.4) is 0 Å². The van der Waals surface area contributed by atoms with Crippen molar-refractivity contribution in [3.8, 4) is 5.75 Å². The van der Waals surface area contributed by atoms with Crippen LogP contribution in [0.2, 0.25) is 5.02 Å². The summed E-state index contributed by atoms with van der Waals surface area (Å²) in [6.07, 6.45) is 0. The predicted octanol–water partition coefficient (Wildman–Crippen LogP) is 3.06. The topological polar surface area (TPSA) is 87.7 Å². The number of nitrogens with zero attached hydrogens (tertiary/aromatic N) is 1. The number of anilines is 1. The normalized spacial score (nSPS) is 18.8. The van der Waals surface area contributed by atoms with Crippen molar-refractivity contribution >= 4 is 35.1 Å². The SMILES string of the molecule is COc1ccc(C)cc1NC(=O)CN1C(=O)N[C@@](C)(c2ccccc2Cl)C1=O. The molecule has 2 aromatic rings. The van der Waals surface area contributed by atoms with E-state index in [1.54, 1.807) is 43.3 Å². The van der Waals surface area contributed by atoms with E-state index in [9.17, 15) is 14.4 Å². The monoisotopic (exact) mass is 401 g/mol. The molecule has 3 rings (SSSR count). The van der Waals surface area contributed by atoms with Gasteiger partial charge < -0.3 is 15.4 Å². The summed E-state index contributed by atoms with van der Waals surface area (Å²) >= 11 is 6.20. The molecule has 0 unspecified atom stereocenters. The van der Waals surface area contributed by atoms with E-state index in [2.05, 4.69) is 10.6 Å². The molecule has 1 saturated heterocycles. The van der Waals surface area contributed by atoms with Crippen molar-refractivity contribution in [3.63, 3.8) is 0 Å².